The number of pyridine rings is 2. The zero-order valence-corrected chi connectivity index (χ0v) is 14.8. The Labute approximate surface area is 150 Å². The second-order valence-corrected chi connectivity index (χ2v) is 6.98. The van der Waals surface area contributed by atoms with Crippen LogP contribution in [-0.4, -0.2) is 30.1 Å². The summed E-state index contributed by atoms with van der Waals surface area (Å²) in [5.74, 6) is 0. The van der Waals surface area contributed by atoms with Gasteiger partial charge in [0.25, 0.3) is 0 Å². The van der Waals surface area contributed by atoms with E-state index in [0.717, 1.165) is 16.3 Å². The number of fused-ring (bicyclic) bond motifs is 1. The van der Waals surface area contributed by atoms with Crippen molar-refractivity contribution in [3.63, 3.8) is 0 Å². The first kappa shape index (κ1) is 15.8. The maximum Gasteiger partial charge on any atom is 0.209 e. The summed E-state index contributed by atoms with van der Waals surface area (Å²) in [6.07, 6.45) is 1.54. The Hall–Kier alpha value is -2.71. The molecule has 124 valence electrons. The first-order valence-electron chi connectivity index (χ1n) is 7.36. The molecule has 0 spiro atoms. The van der Waals surface area contributed by atoms with Gasteiger partial charge in [0.05, 0.1) is 0 Å². The summed E-state index contributed by atoms with van der Waals surface area (Å²) < 4.78 is 0. The molecule has 0 saturated carbocycles. The number of hydrogen-bond acceptors (Lipinski definition) is 7. The van der Waals surface area contributed by atoms with Gasteiger partial charge in [-0.2, -0.15) is 0 Å². The summed E-state index contributed by atoms with van der Waals surface area (Å²) in [7, 11) is 0. The lowest BCUT2D eigenvalue weighted by atomic mass is 10.1. The second kappa shape index (κ2) is 5.98. The molecule has 0 bridgehead atoms. The topological polar surface area (TPSA) is 97.3 Å². The van der Waals surface area contributed by atoms with Crippen molar-refractivity contribution in [1.82, 2.24) is 30.1 Å². The van der Waals surface area contributed by atoms with Crippen LogP contribution in [-0.2, 0) is 0 Å². The number of aryl methyl sites for hydroxylation is 2. The minimum absolute atomic E-state index is 0.209. The third kappa shape index (κ3) is 2.90. The van der Waals surface area contributed by atoms with E-state index in [-0.39, 0.29) is 10.9 Å². The van der Waals surface area contributed by atoms with Crippen LogP contribution in [0, 0.1) is 13.8 Å². The number of aromatic nitrogens is 6. The van der Waals surface area contributed by atoms with Gasteiger partial charge < -0.3 is 4.98 Å². The number of nitrogens with zero attached hydrogens (tertiary/aromatic N) is 5. The molecular weight excluding hydrogens is 360 g/mol. The van der Waals surface area contributed by atoms with Gasteiger partial charge in [-0.05, 0) is 26.0 Å². The highest BCUT2D eigenvalue weighted by Crippen LogP contribution is 2.32. The van der Waals surface area contributed by atoms with E-state index >= 15 is 0 Å². The molecule has 4 aromatic rings. The number of aromatic amines is 1. The van der Waals surface area contributed by atoms with Gasteiger partial charge in [0.15, 0.2) is 16.2 Å². The van der Waals surface area contributed by atoms with Crippen molar-refractivity contribution in [2.24, 2.45) is 0 Å². The van der Waals surface area contributed by atoms with E-state index in [0.29, 0.717) is 27.2 Å². The van der Waals surface area contributed by atoms with Gasteiger partial charge >= 0.3 is 0 Å². The molecule has 0 aromatic carbocycles. The highest BCUT2D eigenvalue weighted by atomic mass is 35.5. The third-order valence-corrected chi connectivity index (χ3v) is 4.55. The fraction of sp³-hybridized carbons (Fsp3) is 0.125. The number of hydrogen-bond donors (Lipinski definition) is 1. The van der Waals surface area contributed by atoms with Gasteiger partial charge in [-0.1, -0.05) is 22.9 Å². The van der Waals surface area contributed by atoms with Gasteiger partial charge in [0, 0.05) is 23.5 Å². The lowest BCUT2D eigenvalue weighted by Gasteiger charge is -2.08. The number of halogens is 1. The number of H-pyrrole nitrogens is 1. The van der Waals surface area contributed by atoms with Gasteiger partial charge in [0.2, 0.25) is 5.43 Å². The van der Waals surface area contributed by atoms with Crippen LogP contribution < -0.4 is 5.43 Å². The summed E-state index contributed by atoms with van der Waals surface area (Å²) in [6.45, 7) is 3.70. The SMILES string of the molecule is Cc1cc(-c2nc3c(=O)cc[nH]c3nc2-c2nnc(C)s2)cc(Cl)n1. The maximum absolute atomic E-state index is 12.2. The van der Waals surface area contributed by atoms with E-state index in [9.17, 15) is 4.79 Å². The molecule has 0 unspecified atom stereocenters. The molecule has 0 saturated heterocycles. The fourth-order valence-corrected chi connectivity index (χ4v) is 3.42. The number of rotatable bonds is 2. The Kier molecular flexibility index (Phi) is 3.78. The average Bonchev–Trinajstić information content (AvgIpc) is 2.99. The molecule has 0 aliphatic carbocycles. The molecule has 9 heteroatoms. The molecule has 25 heavy (non-hydrogen) atoms. The van der Waals surface area contributed by atoms with Crippen LogP contribution in [0.25, 0.3) is 33.1 Å². The van der Waals surface area contributed by atoms with Crippen LogP contribution in [0.15, 0.2) is 29.2 Å². The molecule has 4 rings (SSSR count). The second-order valence-electron chi connectivity index (χ2n) is 5.41. The fourth-order valence-electron chi connectivity index (χ4n) is 2.49. The van der Waals surface area contributed by atoms with Gasteiger partial charge in [-0.25, -0.2) is 15.0 Å². The van der Waals surface area contributed by atoms with Crippen molar-refractivity contribution in [1.29, 1.82) is 0 Å². The Balaban J connectivity index is 2.09. The first-order valence-corrected chi connectivity index (χ1v) is 8.55. The molecule has 0 fully saturated rings. The summed E-state index contributed by atoms with van der Waals surface area (Å²) in [4.78, 5) is 28.4. The molecular formula is C16H11ClN6OS. The van der Waals surface area contributed by atoms with Crippen molar-refractivity contribution in [2.75, 3.05) is 0 Å². The highest BCUT2D eigenvalue weighted by Gasteiger charge is 2.18. The molecule has 4 heterocycles. The molecule has 7 nitrogen and oxygen atoms in total. The standard InChI is InChI=1S/C16H11ClN6OS/c1-7-5-9(6-11(17)19-7)12-14(16-23-22-8(2)25-16)21-15-13(20-12)10(24)3-4-18-15/h3-6H,1-2H3,(H,18,21,24). The zero-order valence-electron chi connectivity index (χ0n) is 13.2. The van der Waals surface area contributed by atoms with E-state index in [1.807, 2.05) is 19.9 Å². The lowest BCUT2D eigenvalue weighted by Crippen LogP contribution is -2.06. The lowest BCUT2D eigenvalue weighted by molar-refractivity contribution is 1.05. The van der Waals surface area contributed by atoms with Crippen molar-refractivity contribution in [3.8, 4) is 22.0 Å². The first-order chi connectivity index (χ1) is 12.0. The molecule has 0 aliphatic rings. The summed E-state index contributed by atoms with van der Waals surface area (Å²) >= 11 is 7.50. The van der Waals surface area contributed by atoms with E-state index in [2.05, 4.69) is 30.1 Å². The summed E-state index contributed by atoms with van der Waals surface area (Å²) in [6, 6.07) is 4.95. The molecule has 0 radical (unpaired) electrons. The average molecular weight is 371 g/mol. The van der Waals surface area contributed by atoms with Gasteiger partial charge in [-0.15, -0.1) is 10.2 Å². The number of nitrogens with one attached hydrogen (secondary N) is 1. The Bertz CT molecular complexity index is 1150. The summed E-state index contributed by atoms with van der Waals surface area (Å²) in [5, 5.41) is 10.0. The van der Waals surface area contributed by atoms with Crippen LogP contribution in [0.5, 0.6) is 0 Å². The van der Waals surface area contributed by atoms with Gasteiger partial charge in [0.1, 0.15) is 21.5 Å². The van der Waals surface area contributed by atoms with Crippen LogP contribution in [0.3, 0.4) is 0 Å². The van der Waals surface area contributed by atoms with Crippen LogP contribution >= 0.6 is 22.9 Å². The minimum atomic E-state index is -0.209. The molecule has 0 amide bonds. The van der Waals surface area contributed by atoms with Crippen molar-refractivity contribution in [3.05, 3.63) is 50.5 Å². The summed E-state index contributed by atoms with van der Waals surface area (Å²) in [5.41, 5.74) is 2.97. The van der Waals surface area contributed by atoms with Gasteiger partial charge in [-0.3, -0.25) is 4.79 Å². The highest BCUT2D eigenvalue weighted by molar-refractivity contribution is 7.14. The smallest absolute Gasteiger partial charge is 0.209 e. The minimum Gasteiger partial charge on any atom is -0.345 e. The normalized spacial score (nSPS) is 11.2. The van der Waals surface area contributed by atoms with Crippen molar-refractivity contribution >= 4 is 34.1 Å². The third-order valence-electron chi connectivity index (χ3n) is 3.51. The van der Waals surface area contributed by atoms with E-state index in [1.54, 1.807) is 12.3 Å². The van der Waals surface area contributed by atoms with Crippen LogP contribution in [0.1, 0.15) is 10.7 Å². The Morgan fingerprint density at radius 2 is 1.92 bits per heavy atom. The quantitative estimate of drug-likeness (QED) is 0.544. The predicted octanol–water partition coefficient (Wildman–Crippen LogP) is 3.17. The molecule has 0 aliphatic heterocycles. The van der Waals surface area contributed by atoms with E-state index in [1.165, 1.54) is 17.4 Å². The molecule has 4 aromatic heterocycles. The largest absolute Gasteiger partial charge is 0.345 e. The van der Waals surface area contributed by atoms with E-state index < -0.39 is 0 Å². The predicted molar refractivity (Wildman–Crippen MR) is 96.8 cm³/mol. The van der Waals surface area contributed by atoms with Crippen LogP contribution in [0.2, 0.25) is 5.15 Å². The Morgan fingerprint density at radius 1 is 1.08 bits per heavy atom. The van der Waals surface area contributed by atoms with Crippen molar-refractivity contribution in [2.45, 2.75) is 13.8 Å². The zero-order chi connectivity index (χ0) is 17.6. The van der Waals surface area contributed by atoms with Crippen molar-refractivity contribution < 1.29 is 0 Å². The Morgan fingerprint density at radius 3 is 2.64 bits per heavy atom. The molecule has 1 N–H and O–H groups in total. The monoisotopic (exact) mass is 370 g/mol. The van der Waals surface area contributed by atoms with Crippen LogP contribution in [0.4, 0.5) is 0 Å². The molecule has 0 atom stereocenters. The van der Waals surface area contributed by atoms with E-state index in [4.69, 9.17) is 11.6 Å². The maximum atomic E-state index is 12.2.